The van der Waals surface area contributed by atoms with Crippen molar-refractivity contribution in [3.8, 4) is 0 Å². The molecule has 0 aliphatic carbocycles. The van der Waals surface area contributed by atoms with Crippen LogP contribution in [0.2, 0.25) is 0 Å². The Morgan fingerprint density at radius 1 is 1.18 bits per heavy atom. The van der Waals surface area contributed by atoms with E-state index in [2.05, 4.69) is 36.2 Å². The molecule has 1 aliphatic heterocycles. The van der Waals surface area contributed by atoms with Crippen molar-refractivity contribution in [2.45, 2.75) is 39.5 Å². The van der Waals surface area contributed by atoms with E-state index >= 15 is 0 Å². The van der Waals surface area contributed by atoms with Crippen molar-refractivity contribution in [1.29, 1.82) is 0 Å². The fraction of sp³-hybridized carbons (Fsp3) is 0.375. The molecule has 28 heavy (non-hydrogen) atoms. The number of amides is 1. The van der Waals surface area contributed by atoms with Gasteiger partial charge in [0, 0.05) is 18.5 Å². The summed E-state index contributed by atoms with van der Waals surface area (Å²) in [5.41, 5.74) is 4.52. The molecule has 1 aromatic heterocycles. The van der Waals surface area contributed by atoms with E-state index in [9.17, 15) is 9.18 Å². The Kier molecular flexibility index (Phi) is 5.21. The molecule has 2 aromatic carbocycles. The number of carbonyl (C=O) groups is 1. The molecule has 3 nitrogen and oxygen atoms in total. The van der Waals surface area contributed by atoms with E-state index in [1.807, 2.05) is 17.9 Å². The van der Waals surface area contributed by atoms with Gasteiger partial charge >= 0.3 is 0 Å². The van der Waals surface area contributed by atoms with Crippen molar-refractivity contribution in [3.05, 3.63) is 70.7 Å². The van der Waals surface area contributed by atoms with E-state index in [0.29, 0.717) is 17.1 Å². The van der Waals surface area contributed by atoms with Crippen molar-refractivity contribution >= 4 is 16.8 Å². The molecule has 2 heterocycles. The van der Waals surface area contributed by atoms with Gasteiger partial charge in [-0.3, -0.25) is 4.79 Å². The molecule has 1 saturated heterocycles. The number of fused-ring (bicyclic) bond motifs is 1. The summed E-state index contributed by atoms with van der Waals surface area (Å²) < 4.78 is 14.1. The van der Waals surface area contributed by atoms with E-state index in [0.717, 1.165) is 49.7 Å². The van der Waals surface area contributed by atoms with Crippen LogP contribution in [-0.2, 0) is 6.42 Å². The maximum absolute atomic E-state index is 14.1. The van der Waals surface area contributed by atoms with Crippen molar-refractivity contribution in [2.24, 2.45) is 5.92 Å². The van der Waals surface area contributed by atoms with E-state index in [1.54, 1.807) is 6.07 Å². The quantitative estimate of drug-likeness (QED) is 0.647. The van der Waals surface area contributed by atoms with Crippen LogP contribution >= 0.6 is 0 Å². The molecule has 3 aromatic rings. The smallest absolute Gasteiger partial charge is 0.270 e. The first-order valence-corrected chi connectivity index (χ1v) is 10.1. The van der Waals surface area contributed by atoms with Gasteiger partial charge in [-0.05, 0) is 68.2 Å². The Hall–Kier alpha value is -2.62. The lowest BCUT2D eigenvalue weighted by atomic mass is 9.90. The Labute approximate surface area is 165 Å². The lowest BCUT2D eigenvalue weighted by Gasteiger charge is -2.33. The number of carbonyl (C=O) groups excluding carboxylic acids is 1. The first kappa shape index (κ1) is 18.7. The van der Waals surface area contributed by atoms with Crippen molar-refractivity contribution in [1.82, 2.24) is 9.88 Å². The summed E-state index contributed by atoms with van der Waals surface area (Å²) in [7, 11) is 0. The highest BCUT2D eigenvalue weighted by atomic mass is 19.1. The van der Waals surface area contributed by atoms with Crippen LogP contribution in [0, 0.1) is 25.6 Å². The first-order valence-electron chi connectivity index (χ1n) is 10.1. The van der Waals surface area contributed by atoms with Gasteiger partial charge in [-0.2, -0.15) is 0 Å². The van der Waals surface area contributed by atoms with Gasteiger partial charge in [0.25, 0.3) is 5.91 Å². The normalized spacial score (nSPS) is 17.2. The van der Waals surface area contributed by atoms with Gasteiger partial charge in [0.2, 0.25) is 0 Å². The molecule has 0 spiro atoms. The second-order valence-corrected chi connectivity index (χ2v) is 8.01. The molecule has 1 unspecified atom stereocenters. The van der Waals surface area contributed by atoms with Gasteiger partial charge in [0.1, 0.15) is 11.5 Å². The number of piperidine rings is 1. The standard InChI is InChI=1S/C24H27FN2O/c1-16-7-3-4-9-19(16)13-12-18-8-6-14-27(15-18)24(28)22-17(2)20-10-5-11-21(25)23(20)26-22/h3-5,7,9-11,18,26H,6,8,12-15H2,1-2H3. The summed E-state index contributed by atoms with van der Waals surface area (Å²) in [4.78, 5) is 18.1. The fourth-order valence-electron chi connectivity index (χ4n) is 4.42. The maximum Gasteiger partial charge on any atom is 0.270 e. The van der Waals surface area contributed by atoms with E-state index in [1.165, 1.54) is 17.2 Å². The van der Waals surface area contributed by atoms with Crippen molar-refractivity contribution in [3.63, 3.8) is 0 Å². The topological polar surface area (TPSA) is 36.1 Å². The third-order valence-corrected chi connectivity index (χ3v) is 6.15. The molecule has 1 N–H and O–H groups in total. The second kappa shape index (κ2) is 7.78. The third-order valence-electron chi connectivity index (χ3n) is 6.15. The average molecular weight is 378 g/mol. The first-order chi connectivity index (χ1) is 13.5. The molecule has 0 bridgehead atoms. The lowest BCUT2D eigenvalue weighted by Crippen LogP contribution is -2.40. The van der Waals surface area contributed by atoms with Crippen molar-refractivity contribution in [2.75, 3.05) is 13.1 Å². The minimum Gasteiger partial charge on any atom is -0.348 e. The van der Waals surface area contributed by atoms with Crippen LogP contribution < -0.4 is 0 Å². The summed E-state index contributed by atoms with van der Waals surface area (Å²) in [6, 6.07) is 13.5. The van der Waals surface area contributed by atoms with Crippen LogP contribution in [0.3, 0.4) is 0 Å². The highest BCUT2D eigenvalue weighted by Gasteiger charge is 2.27. The predicted octanol–water partition coefficient (Wildman–Crippen LogP) is 5.41. The molecular weight excluding hydrogens is 351 g/mol. The Balaban J connectivity index is 1.47. The average Bonchev–Trinajstić information content (AvgIpc) is 3.05. The monoisotopic (exact) mass is 378 g/mol. The molecule has 0 radical (unpaired) electrons. The summed E-state index contributed by atoms with van der Waals surface area (Å²) >= 11 is 0. The van der Waals surface area contributed by atoms with Gasteiger partial charge in [-0.15, -0.1) is 0 Å². The number of halogens is 1. The van der Waals surface area contributed by atoms with Crippen molar-refractivity contribution < 1.29 is 9.18 Å². The van der Waals surface area contributed by atoms with Crippen LogP contribution in [0.4, 0.5) is 4.39 Å². The maximum atomic E-state index is 14.1. The number of hydrogen-bond donors (Lipinski definition) is 1. The summed E-state index contributed by atoms with van der Waals surface area (Å²) in [6.45, 7) is 5.61. The van der Waals surface area contributed by atoms with E-state index in [-0.39, 0.29) is 11.7 Å². The molecule has 0 saturated carbocycles. The third kappa shape index (κ3) is 3.56. The number of likely N-dealkylation sites (tertiary alicyclic amines) is 1. The number of para-hydroxylation sites is 1. The van der Waals surface area contributed by atoms with Crippen LogP contribution in [-0.4, -0.2) is 28.9 Å². The number of benzene rings is 2. The number of nitrogens with one attached hydrogen (secondary N) is 1. The van der Waals surface area contributed by atoms with Gasteiger partial charge in [0.05, 0.1) is 5.52 Å². The zero-order chi connectivity index (χ0) is 19.7. The molecule has 4 heteroatoms. The molecule has 1 amide bonds. The van der Waals surface area contributed by atoms with Gasteiger partial charge in [0.15, 0.2) is 0 Å². The number of H-pyrrole nitrogens is 1. The van der Waals surface area contributed by atoms with Gasteiger partial charge < -0.3 is 9.88 Å². The van der Waals surface area contributed by atoms with Crippen LogP contribution in [0.25, 0.3) is 10.9 Å². The highest BCUT2D eigenvalue weighted by Crippen LogP contribution is 2.27. The number of aromatic nitrogens is 1. The molecule has 146 valence electrons. The van der Waals surface area contributed by atoms with E-state index in [4.69, 9.17) is 0 Å². The summed E-state index contributed by atoms with van der Waals surface area (Å²) in [5.74, 6) is 0.196. The Morgan fingerprint density at radius 2 is 2.00 bits per heavy atom. The van der Waals surface area contributed by atoms with Crippen LogP contribution in [0.5, 0.6) is 0 Å². The zero-order valence-electron chi connectivity index (χ0n) is 16.6. The molecule has 1 atom stereocenters. The number of hydrogen-bond acceptors (Lipinski definition) is 1. The molecule has 1 fully saturated rings. The summed E-state index contributed by atoms with van der Waals surface area (Å²) in [6.07, 6.45) is 4.33. The number of aromatic amines is 1. The zero-order valence-corrected chi connectivity index (χ0v) is 16.6. The number of nitrogens with zero attached hydrogens (tertiary/aromatic N) is 1. The highest BCUT2D eigenvalue weighted by molar-refractivity contribution is 6.01. The predicted molar refractivity (Wildman–Crippen MR) is 111 cm³/mol. The van der Waals surface area contributed by atoms with Gasteiger partial charge in [-0.1, -0.05) is 36.4 Å². The molecule has 4 rings (SSSR count). The SMILES string of the molecule is Cc1ccccc1CCC1CCCN(C(=O)c2[nH]c3c(F)cccc3c2C)C1. The molecular formula is C24H27FN2O. The molecule has 1 aliphatic rings. The number of rotatable bonds is 4. The van der Waals surface area contributed by atoms with E-state index < -0.39 is 0 Å². The van der Waals surface area contributed by atoms with Crippen LogP contribution in [0.15, 0.2) is 42.5 Å². The minimum atomic E-state index is -0.311. The lowest BCUT2D eigenvalue weighted by molar-refractivity contribution is 0.0662. The summed E-state index contributed by atoms with van der Waals surface area (Å²) in [5, 5.41) is 0.788. The minimum absolute atomic E-state index is 0.00584. The largest absolute Gasteiger partial charge is 0.348 e. The Bertz CT molecular complexity index is 1010. The fourth-order valence-corrected chi connectivity index (χ4v) is 4.42. The van der Waals surface area contributed by atoms with Gasteiger partial charge in [-0.25, -0.2) is 4.39 Å². The second-order valence-electron chi connectivity index (χ2n) is 8.01. The Morgan fingerprint density at radius 3 is 2.79 bits per heavy atom. The van der Waals surface area contributed by atoms with Crippen LogP contribution in [0.1, 0.15) is 46.4 Å². The number of aryl methyl sites for hydroxylation is 3.